The van der Waals surface area contributed by atoms with Crippen LogP contribution in [0.15, 0.2) is 0 Å². The topological polar surface area (TPSA) is 20.3 Å². The van der Waals surface area contributed by atoms with E-state index in [9.17, 15) is 4.79 Å². The Morgan fingerprint density at radius 3 is 2.29 bits per heavy atom. The van der Waals surface area contributed by atoms with Gasteiger partial charge in [0.25, 0.3) is 0 Å². The number of rotatable bonds is 6. The van der Waals surface area contributed by atoms with E-state index in [1.165, 1.54) is 32.1 Å². The molecule has 2 nitrogen and oxygen atoms in total. The Bertz CT molecular complexity index is 241. The van der Waals surface area contributed by atoms with Crippen molar-refractivity contribution in [2.75, 3.05) is 14.1 Å². The maximum atomic E-state index is 12.6. The molecule has 0 N–H and O–H groups in total. The molecule has 1 rings (SSSR count). The van der Waals surface area contributed by atoms with Gasteiger partial charge in [-0.15, -0.1) is 0 Å². The minimum Gasteiger partial charge on any atom is -0.298 e. The zero-order chi connectivity index (χ0) is 12.9. The molecule has 1 saturated carbocycles. The zero-order valence-corrected chi connectivity index (χ0v) is 12.1. The van der Waals surface area contributed by atoms with E-state index >= 15 is 0 Å². The van der Waals surface area contributed by atoms with Crippen LogP contribution in [0.5, 0.6) is 0 Å². The SMILES string of the molecule is CCCC(C)CC(=O)C1(N(C)C)CCCCC1. The van der Waals surface area contributed by atoms with Crippen LogP contribution < -0.4 is 0 Å². The van der Waals surface area contributed by atoms with Crippen molar-refractivity contribution >= 4 is 5.78 Å². The number of likely N-dealkylation sites (N-methyl/N-ethyl adjacent to an activating group) is 1. The molecule has 1 fully saturated rings. The summed E-state index contributed by atoms with van der Waals surface area (Å²) in [5.41, 5.74) is -0.139. The largest absolute Gasteiger partial charge is 0.298 e. The molecule has 2 heteroatoms. The molecule has 0 aromatic carbocycles. The lowest BCUT2D eigenvalue weighted by Crippen LogP contribution is -2.52. The Kier molecular flexibility index (Phi) is 5.64. The Labute approximate surface area is 107 Å². The van der Waals surface area contributed by atoms with Gasteiger partial charge in [0, 0.05) is 6.42 Å². The summed E-state index contributed by atoms with van der Waals surface area (Å²) in [6.07, 6.45) is 8.99. The van der Waals surface area contributed by atoms with Crippen LogP contribution in [-0.4, -0.2) is 30.3 Å². The van der Waals surface area contributed by atoms with Crippen LogP contribution in [0.25, 0.3) is 0 Å². The van der Waals surface area contributed by atoms with Gasteiger partial charge in [-0.2, -0.15) is 0 Å². The number of hydrogen-bond acceptors (Lipinski definition) is 2. The van der Waals surface area contributed by atoms with Gasteiger partial charge >= 0.3 is 0 Å². The minimum atomic E-state index is -0.139. The number of ketones is 1. The highest BCUT2D eigenvalue weighted by atomic mass is 16.1. The smallest absolute Gasteiger partial charge is 0.153 e. The number of carbonyl (C=O) groups excluding carboxylic acids is 1. The van der Waals surface area contributed by atoms with E-state index in [2.05, 4.69) is 32.8 Å². The van der Waals surface area contributed by atoms with Crippen molar-refractivity contribution in [3.05, 3.63) is 0 Å². The van der Waals surface area contributed by atoms with Crippen LogP contribution in [-0.2, 0) is 4.79 Å². The van der Waals surface area contributed by atoms with Gasteiger partial charge in [0.05, 0.1) is 5.54 Å². The molecule has 0 amide bonds. The fraction of sp³-hybridized carbons (Fsp3) is 0.933. The number of Topliss-reactive ketones (excluding diaryl/α,β-unsaturated/α-hetero) is 1. The molecule has 0 aromatic rings. The van der Waals surface area contributed by atoms with Crippen molar-refractivity contribution in [1.29, 1.82) is 0 Å². The van der Waals surface area contributed by atoms with Gasteiger partial charge in [-0.3, -0.25) is 9.69 Å². The van der Waals surface area contributed by atoms with Gasteiger partial charge < -0.3 is 0 Å². The quantitative estimate of drug-likeness (QED) is 0.705. The average Bonchev–Trinajstić information content (AvgIpc) is 2.29. The van der Waals surface area contributed by atoms with Crippen LogP contribution in [0.4, 0.5) is 0 Å². The Morgan fingerprint density at radius 1 is 1.24 bits per heavy atom. The Morgan fingerprint density at radius 2 is 1.82 bits per heavy atom. The zero-order valence-electron chi connectivity index (χ0n) is 12.1. The van der Waals surface area contributed by atoms with E-state index in [4.69, 9.17) is 0 Å². The van der Waals surface area contributed by atoms with Crippen LogP contribution >= 0.6 is 0 Å². The van der Waals surface area contributed by atoms with Crippen molar-refractivity contribution in [2.45, 2.75) is 70.8 Å². The number of hydrogen-bond donors (Lipinski definition) is 0. The summed E-state index contributed by atoms with van der Waals surface area (Å²) >= 11 is 0. The van der Waals surface area contributed by atoms with E-state index in [-0.39, 0.29) is 5.54 Å². The summed E-state index contributed by atoms with van der Waals surface area (Å²) < 4.78 is 0. The van der Waals surface area contributed by atoms with Crippen LogP contribution in [0, 0.1) is 5.92 Å². The molecule has 0 aromatic heterocycles. The second-order valence-corrected chi connectivity index (χ2v) is 6.01. The van der Waals surface area contributed by atoms with Crippen LogP contribution in [0.1, 0.15) is 65.2 Å². The van der Waals surface area contributed by atoms with E-state index < -0.39 is 0 Å². The number of nitrogens with zero attached hydrogens (tertiary/aromatic N) is 1. The van der Waals surface area contributed by atoms with Crippen molar-refractivity contribution in [3.63, 3.8) is 0 Å². The Hall–Kier alpha value is -0.370. The monoisotopic (exact) mass is 239 g/mol. The van der Waals surface area contributed by atoms with Gasteiger partial charge in [0.15, 0.2) is 5.78 Å². The first kappa shape index (κ1) is 14.7. The molecule has 0 heterocycles. The van der Waals surface area contributed by atoms with E-state index in [1.807, 2.05) is 0 Å². The van der Waals surface area contributed by atoms with Crippen LogP contribution in [0.3, 0.4) is 0 Å². The summed E-state index contributed by atoms with van der Waals surface area (Å²) in [6.45, 7) is 4.41. The Balaban J connectivity index is 2.66. The summed E-state index contributed by atoms with van der Waals surface area (Å²) in [5, 5.41) is 0. The summed E-state index contributed by atoms with van der Waals surface area (Å²) in [4.78, 5) is 14.8. The third-order valence-corrected chi connectivity index (χ3v) is 4.37. The van der Waals surface area contributed by atoms with Gasteiger partial charge in [-0.25, -0.2) is 0 Å². The third kappa shape index (κ3) is 3.54. The molecule has 1 aliphatic carbocycles. The second kappa shape index (κ2) is 6.53. The minimum absolute atomic E-state index is 0.139. The molecule has 0 spiro atoms. The van der Waals surface area contributed by atoms with Gasteiger partial charge in [0.1, 0.15) is 0 Å². The maximum absolute atomic E-state index is 12.6. The second-order valence-electron chi connectivity index (χ2n) is 6.01. The average molecular weight is 239 g/mol. The van der Waals surface area contributed by atoms with Gasteiger partial charge in [-0.05, 0) is 32.9 Å². The lowest BCUT2D eigenvalue weighted by Gasteiger charge is -2.42. The molecule has 0 bridgehead atoms. The molecular weight excluding hydrogens is 210 g/mol. The van der Waals surface area contributed by atoms with Crippen molar-refractivity contribution in [2.24, 2.45) is 5.92 Å². The first-order chi connectivity index (χ1) is 8.03. The van der Waals surface area contributed by atoms with E-state index in [1.54, 1.807) is 0 Å². The fourth-order valence-electron chi connectivity index (χ4n) is 3.21. The normalized spacial score (nSPS) is 21.5. The summed E-state index contributed by atoms with van der Waals surface area (Å²) in [6, 6.07) is 0. The molecule has 0 radical (unpaired) electrons. The standard InChI is InChI=1S/C15H29NO/c1-5-9-13(2)12-14(17)15(16(3)4)10-7-6-8-11-15/h13H,5-12H2,1-4H3. The predicted octanol–water partition coefficient (Wildman–Crippen LogP) is 3.65. The lowest BCUT2D eigenvalue weighted by atomic mass is 9.75. The van der Waals surface area contributed by atoms with E-state index in [0.717, 1.165) is 19.3 Å². The first-order valence-corrected chi connectivity index (χ1v) is 7.23. The summed E-state index contributed by atoms with van der Waals surface area (Å²) in [7, 11) is 4.15. The van der Waals surface area contributed by atoms with Crippen LogP contribution in [0.2, 0.25) is 0 Å². The molecule has 17 heavy (non-hydrogen) atoms. The summed E-state index contributed by atoms with van der Waals surface area (Å²) in [5.74, 6) is 1.04. The maximum Gasteiger partial charge on any atom is 0.153 e. The first-order valence-electron chi connectivity index (χ1n) is 7.23. The molecule has 1 atom stereocenters. The highest BCUT2D eigenvalue weighted by Gasteiger charge is 2.40. The molecule has 1 aliphatic rings. The lowest BCUT2D eigenvalue weighted by molar-refractivity contribution is -0.132. The predicted molar refractivity (Wildman–Crippen MR) is 73.2 cm³/mol. The fourth-order valence-corrected chi connectivity index (χ4v) is 3.21. The molecular formula is C15H29NO. The van der Waals surface area contributed by atoms with Crippen molar-refractivity contribution < 1.29 is 4.79 Å². The van der Waals surface area contributed by atoms with Gasteiger partial charge in [0.2, 0.25) is 0 Å². The molecule has 100 valence electrons. The highest BCUT2D eigenvalue weighted by Crippen LogP contribution is 2.35. The van der Waals surface area contributed by atoms with E-state index in [0.29, 0.717) is 11.7 Å². The highest BCUT2D eigenvalue weighted by molar-refractivity contribution is 5.88. The van der Waals surface area contributed by atoms with Gasteiger partial charge in [-0.1, -0.05) is 46.0 Å². The number of carbonyl (C=O) groups is 1. The third-order valence-electron chi connectivity index (χ3n) is 4.37. The molecule has 1 unspecified atom stereocenters. The molecule has 0 saturated heterocycles. The van der Waals surface area contributed by atoms with Crippen molar-refractivity contribution in [1.82, 2.24) is 4.90 Å². The van der Waals surface area contributed by atoms with Crippen molar-refractivity contribution in [3.8, 4) is 0 Å². The molecule has 0 aliphatic heterocycles.